The van der Waals surface area contributed by atoms with Crippen LogP contribution in [-0.4, -0.2) is 35.0 Å². The Hall–Kier alpha value is -1.94. The van der Waals surface area contributed by atoms with E-state index in [4.69, 9.17) is 0 Å². The highest BCUT2D eigenvalue weighted by atomic mass is 32.2. The molecule has 0 amide bonds. The van der Waals surface area contributed by atoms with Crippen molar-refractivity contribution in [2.45, 2.75) is 30.2 Å². The van der Waals surface area contributed by atoms with Gasteiger partial charge in [0.1, 0.15) is 5.54 Å². The van der Waals surface area contributed by atoms with Gasteiger partial charge in [0.25, 0.3) is 5.56 Å². The number of aromatic nitrogens is 2. The lowest BCUT2D eigenvalue weighted by atomic mass is 9.98. The molecule has 0 aromatic carbocycles. The number of carbonyl (C=O) groups is 1. The average molecular weight is 303 g/mol. The fourth-order valence-corrected chi connectivity index (χ4v) is 3.32. The molecule has 1 heterocycles. The zero-order chi connectivity index (χ0) is 15.1. The molecule has 0 aliphatic heterocycles. The fourth-order valence-electron chi connectivity index (χ4n) is 1.89. The van der Waals surface area contributed by atoms with Crippen LogP contribution >= 0.6 is 0 Å². The van der Waals surface area contributed by atoms with Gasteiger partial charge in [-0.25, -0.2) is 13.2 Å². The van der Waals surface area contributed by atoms with Crippen LogP contribution in [0.5, 0.6) is 0 Å². The number of sulfonamides is 1. The molecule has 0 bridgehead atoms. The number of carboxylic acid groups (broad SMARTS) is 1. The molecule has 1 atom stereocenters. The largest absolute Gasteiger partial charge is 0.480 e. The third-order valence-corrected chi connectivity index (χ3v) is 4.83. The smallest absolute Gasteiger partial charge is 0.325 e. The Morgan fingerprint density at radius 3 is 2.50 bits per heavy atom. The fraction of sp³-hybridized carbons (Fsp3) is 0.500. The normalized spacial score (nSPS) is 18.4. The van der Waals surface area contributed by atoms with Gasteiger partial charge in [-0.1, -0.05) is 0 Å². The van der Waals surface area contributed by atoms with E-state index in [1.165, 1.54) is 6.92 Å². The standard InChI is InChI=1S/C10H13N3O6S/c1-10(8(15)16,5-2-3-5)13-20(18,19)6-4-11-9(17)12-7(6)14/h4-5,13H,2-3H2,1H3,(H,15,16)(H2,11,12,14,17). The first-order chi connectivity index (χ1) is 9.17. The number of aliphatic carboxylic acids is 1. The Kier molecular flexibility index (Phi) is 3.30. The molecule has 9 nitrogen and oxygen atoms in total. The van der Waals surface area contributed by atoms with Gasteiger partial charge in [0.15, 0.2) is 4.90 Å². The average Bonchev–Trinajstić information content (AvgIpc) is 3.10. The van der Waals surface area contributed by atoms with Gasteiger partial charge in [0.2, 0.25) is 10.0 Å². The van der Waals surface area contributed by atoms with Crippen molar-refractivity contribution < 1.29 is 18.3 Å². The SMILES string of the molecule is CC(NS(=O)(=O)c1c[nH]c(=O)[nH]c1=O)(C(=O)O)C1CC1. The molecule has 4 N–H and O–H groups in total. The van der Waals surface area contributed by atoms with Gasteiger partial charge in [-0.2, -0.15) is 4.72 Å². The van der Waals surface area contributed by atoms with Crippen LogP contribution in [0.25, 0.3) is 0 Å². The van der Waals surface area contributed by atoms with Crippen molar-refractivity contribution in [3.8, 4) is 0 Å². The number of carboxylic acids is 1. The molecular weight excluding hydrogens is 290 g/mol. The number of hydrogen-bond donors (Lipinski definition) is 4. The first-order valence-corrected chi connectivity index (χ1v) is 7.24. The molecule has 0 saturated heterocycles. The zero-order valence-corrected chi connectivity index (χ0v) is 11.3. The summed E-state index contributed by atoms with van der Waals surface area (Å²) in [6.07, 6.45) is 1.92. The lowest BCUT2D eigenvalue weighted by molar-refractivity contribution is -0.144. The second kappa shape index (κ2) is 4.56. The van der Waals surface area contributed by atoms with Crippen molar-refractivity contribution in [3.63, 3.8) is 0 Å². The molecule has 2 rings (SSSR count). The molecule has 1 aromatic heterocycles. The van der Waals surface area contributed by atoms with Crippen LogP contribution in [0.2, 0.25) is 0 Å². The molecule has 0 spiro atoms. The molecule has 1 aromatic rings. The maximum Gasteiger partial charge on any atom is 0.325 e. The summed E-state index contributed by atoms with van der Waals surface area (Å²) in [4.78, 5) is 36.7. The van der Waals surface area contributed by atoms with E-state index >= 15 is 0 Å². The molecular formula is C10H13N3O6S. The Morgan fingerprint density at radius 1 is 1.45 bits per heavy atom. The number of nitrogens with one attached hydrogen (secondary N) is 3. The highest BCUT2D eigenvalue weighted by Gasteiger charge is 2.50. The first kappa shape index (κ1) is 14.5. The van der Waals surface area contributed by atoms with E-state index in [2.05, 4.69) is 0 Å². The second-order valence-corrected chi connectivity index (χ2v) is 6.47. The minimum absolute atomic E-state index is 0.323. The Balaban J connectivity index is 2.43. The van der Waals surface area contributed by atoms with Gasteiger partial charge >= 0.3 is 11.7 Å². The summed E-state index contributed by atoms with van der Waals surface area (Å²) in [7, 11) is -4.36. The summed E-state index contributed by atoms with van der Waals surface area (Å²) in [6.45, 7) is 1.25. The highest BCUT2D eigenvalue weighted by Crippen LogP contribution is 2.40. The van der Waals surface area contributed by atoms with Crippen molar-refractivity contribution in [1.29, 1.82) is 0 Å². The van der Waals surface area contributed by atoms with E-state index in [9.17, 15) is 27.9 Å². The van der Waals surface area contributed by atoms with Gasteiger partial charge in [-0.15, -0.1) is 0 Å². The van der Waals surface area contributed by atoms with Crippen molar-refractivity contribution >= 4 is 16.0 Å². The summed E-state index contributed by atoms with van der Waals surface area (Å²) < 4.78 is 26.2. The van der Waals surface area contributed by atoms with E-state index in [-0.39, 0.29) is 5.92 Å². The highest BCUT2D eigenvalue weighted by molar-refractivity contribution is 7.89. The van der Waals surface area contributed by atoms with Gasteiger partial charge in [0.05, 0.1) is 0 Å². The molecule has 0 radical (unpaired) electrons. The van der Waals surface area contributed by atoms with Crippen LogP contribution < -0.4 is 16.0 Å². The molecule has 1 aliphatic carbocycles. The summed E-state index contributed by atoms with van der Waals surface area (Å²) in [5.41, 5.74) is -3.64. The van der Waals surface area contributed by atoms with Gasteiger partial charge in [0, 0.05) is 6.20 Å². The van der Waals surface area contributed by atoms with Crippen LogP contribution in [0.1, 0.15) is 19.8 Å². The number of hydrogen-bond acceptors (Lipinski definition) is 5. The maximum atomic E-state index is 12.1. The Labute approximate surface area is 113 Å². The number of rotatable bonds is 5. The Morgan fingerprint density at radius 2 is 2.05 bits per heavy atom. The summed E-state index contributed by atoms with van der Waals surface area (Å²) >= 11 is 0. The summed E-state index contributed by atoms with van der Waals surface area (Å²) in [6, 6.07) is 0. The summed E-state index contributed by atoms with van der Waals surface area (Å²) in [5.74, 6) is -1.64. The van der Waals surface area contributed by atoms with Crippen LogP contribution in [-0.2, 0) is 14.8 Å². The van der Waals surface area contributed by atoms with E-state index in [0.29, 0.717) is 12.8 Å². The van der Waals surface area contributed by atoms with Gasteiger partial charge in [-0.05, 0) is 25.7 Å². The van der Waals surface area contributed by atoms with Crippen molar-refractivity contribution in [3.05, 3.63) is 27.0 Å². The van der Waals surface area contributed by atoms with Gasteiger partial charge in [-0.3, -0.25) is 14.6 Å². The van der Waals surface area contributed by atoms with E-state index in [0.717, 1.165) is 6.20 Å². The minimum Gasteiger partial charge on any atom is -0.480 e. The zero-order valence-electron chi connectivity index (χ0n) is 10.5. The third kappa shape index (κ3) is 2.51. The summed E-state index contributed by atoms with van der Waals surface area (Å²) in [5, 5.41) is 9.20. The van der Waals surface area contributed by atoms with Crippen molar-refractivity contribution in [2.24, 2.45) is 5.92 Å². The van der Waals surface area contributed by atoms with Crippen molar-refractivity contribution in [1.82, 2.24) is 14.7 Å². The molecule has 1 fully saturated rings. The van der Waals surface area contributed by atoms with E-state index in [1.54, 1.807) is 4.98 Å². The molecule has 1 saturated carbocycles. The predicted octanol–water partition coefficient (Wildman–Crippen LogP) is -1.41. The Bertz CT molecular complexity index is 760. The quantitative estimate of drug-likeness (QED) is 0.525. The van der Waals surface area contributed by atoms with Gasteiger partial charge < -0.3 is 10.1 Å². The monoisotopic (exact) mass is 303 g/mol. The number of aromatic amines is 2. The first-order valence-electron chi connectivity index (χ1n) is 5.76. The topological polar surface area (TPSA) is 149 Å². The van der Waals surface area contributed by atoms with Crippen molar-refractivity contribution in [2.75, 3.05) is 0 Å². The van der Waals surface area contributed by atoms with E-state index < -0.39 is 37.7 Å². The second-order valence-electron chi connectivity index (χ2n) is 4.82. The van der Waals surface area contributed by atoms with Crippen LogP contribution in [0.3, 0.4) is 0 Å². The van der Waals surface area contributed by atoms with Crippen LogP contribution in [0.15, 0.2) is 20.7 Å². The molecule has 1 unspecified atom stereocenters. The maximum absolute atomic E-state index is 12.1. The lowest BCUT2D eigenvalue weighted by Gasteiger charge is -2.25. The van der Waals surface area contributed by atoms with Crippen LogP contribution in [0, 0.1) is 5.92 Å². The lowest BCUT2D eigenvalue weighted by Crippen LogP contribution is -2.54. The molecule has 110 valence electrons. The predicted molar refractivity (Wildman–Crippen MR) is 66.8 cm³/mol. The van der Waals surface area contributed by atoms with E-state index in [1.807, 2.05) is 9.71 Å². The third-order valence-electron chi connectivity index (χ3n) is 3.26. The number of H-pyrrole nitrogens is 2. The van der Waals surface area contributed by atoms with Crippen LogP contribution in [0.4, 0.5) is 0 Å². The minimum atomic E-state index is -4.36. The molecule has 1 aliphatic rings. The molecule has 20 heavy (non-hydrogen) atoms. The molecule has 10 heteroatoms.